The van der Waals surface area contributed by atoms with E-state index in [0.29, 0.717) is 17.9 Å². The van der Waals surface area contributed by atoms with E-state index in [-0.39, 0.29) is 11.4 Å². The van der Waals surface area contributed by atoms with Gasteiger partial charge in [-0.1, -0.05) is 0 Å². The van der Waals surface area contributed by atoms with Crippen LogP contribution in [0.25, 0.3) is 0 Å². The normalized spacial score (nSPS) is 10.3. The van der Waals surface area contributed by atoms with Gasteiger partial charge in [-0.3, -0.25) is 4.79 Å². The zero-order valence-electron chi connectivity index (χ0n) is 10.9. The van der Waals surface area contributed by atoms with Gasteiger partial charge in [0.25, 0.3) is 5.91 Å². The van der Waals surface area contributed by atoms with E-state index in [1.54, 1.807) is 0 Å². The molecule has 0 unspecified atom stereocenters. The Bertz CT molecular complexity index is 682. The molecule has 1 amide bonds. The first-order chi connectivity index (χ1) is 9.92. The van der Waals surface area contributed by atoms with Crippen molar-refractivity contribution in [3.05, 3.63) is 53.3 Å². The Hall–Kier alpha value is -2.70. The topological polar surface area (TPSA) is 64.3 Å². The molecule has 0 atom stereocenters. The summed E-state index contributed by atoms with van der Waals surface area (Å²) in [6.45, 7) is 0. The fourth-order valence-electron chi connectivity index (χ4n) is 1.73. The number of ether oxygens (including phenoxy) is 1. The molecule has 2 aromatic carbocycles. The Labute approximate surface area is 118 Å². The molecule has 0 aliphatic rings. The molecule has 2 aromatic rings. The third kappa shape index (κ3) is 3.07. The number of nitrogens with two attached hydrogens (primary N) is 1. The molecule has 0 saturated carbocycles. The van der Waals surface area contributed by atoms with Crippen LogP contribution >= 0.6 is 0 Å². The highest BCUT2D eigenvalue weighted by molar-refractivity contribution is 6.06. The number of hydrogen-bond acceptors (Lipinski definition) is 3. The van der Waals surface area contributed by atoms with Gasteiger partial charge in [-0.2, -0.15) is 0 Å². The summed E-state index contributed by atoms with van der Waals surface area (Å²) in [5.74, 6) is -4.30. The summed E-state index contributed by atoms with van der Waals surface area (Å²) in [4.78, 5) is 11.9. The number of anilines is 2. The number of hydrogen-bond donors (Lipinski definition) is 2. The molecule has 0 aliphatic carbocycles. The second kappa shape index (κ2) is 5.74. The van der Waals surface area contributed by atoms with Gasteiger partial charge in [-0.25, -0.2) is 13.2 Å². The lowest BCUT2D eigenvalue weighted by Gasteiger charge is -2.10. The highest BCUT2D eigenvalue weighted by Gasteiger charge is 2.19. The van der Waals surface area contributed by atoms with Gasteiger partial charge >= 0.3 is 0 Å². The van der Waals surface area contributed by atoms with Gasteiger partial charge in [0.05, 0.1) is 18.5 Å². The lowest BCUT2D eigenvalue weighted by Crippen LogP contribution is -2.17. The van der Waals surface area contributed by atoms with Gasteiger partial charge in [-0.05, 0) is 12.1 Å². The average molecular weight is 296 g/mol. The number of nitrogens with one attached hydrogen (secondary N) is 1. The molecule has 0 bridgehead atoms. The molecule has 0 heterocycles. The molecule has 7 heteroatoms. The summed E-state index contributed by atoms with van der Waals surface area (Å²) >= 11 is 0. The zero-order chi connectivity index (χ0) is 15.6. The number of nitrogen functional groups attached to an aromatic ring is 1. The number of benzene rings is 2. The summed E-state index contributed by atoms with van der Waals surface area (Å²) in [5.41, 5.74) is 5.11. The van der Waals surface area contributed by atoms with E-state index in [9.17, 15) is 18.0 Å². The van der Waals surface area contributed by atoms with Crippen molar-refractivity contribution in [1.29, 1.82) is 0 Å². The van der Waals surface area contributed by atoms with E-state index >= 15 is 0 Å². The summed E-state index contributed by atoms with van der Waals surface area (Å²) in [5, 5.41) is 2.26. The number of carbonyl (C=O) groups excluding carboxylic acids is 1. The first-order valence-electron chi connectivity index (χ1n) is 5.81. The van der Waals surface area contributed by atoms with E-state index in [0.717, 1.165) is 0 Å². The quantitative estimate of drug-likeness (QED) is 0.856. The Kier molecular flexibility index (Phi) is 4.02. The van der Waals surface area contributed by atoms with Crippen molar-refractivity contribution in [2.45, 2.75) is 0 Å². The van der Waals surface area contributed by atoms with E-state index in [1.165, 1.54) is 25.3 Å². The maximum absolute atomic E-state index is 13.5. The van der Waals surface area contributed by atoms with Gasteiger partial charge in [0, 0.05) is 18.2 Å². The first-order valence-corrected chi connectivity index (χ1v) is 5.81. The van der Waals surface area contributed by atoms with E-state index in [4.69, 9.17) is 10.5 Å². The summed E-state index contributed by atoms with van der Waals surface area (Å²) < 4.78 is 44.7. The van der Waals surface area contributed by atoms with E-state index < -0.39 is 28.9 Å². The maximum Gasteiger partial charge on any atom is 0.261 e. The predicted octanol–water partition coefficient (Wildman–Crippen LogP) is 2.95. The van der Waals surface area contributed by atoms with Crippen LogP contribution in [-0.4, -0.2) is 13.0 Å². The van der Waals surface area contributed by atoms with Crippen molar-refractivity contribution in [3.8, 4) is 5.75 Å². The second-order valence-electron chi connectivity index (χ2n) is 4.15. The van der Waals surface area contributed by atoms with Crippen LogP contribution in [-0.2, 0) is 0 Å². The largest absolute Gasteiger partial charge is 0.497 e. The Morgan fingerprint density at radius 1 is 1.14 bits per heavy atom. The molecule has 0 radical (unpaired) electrons. The van der Waals surface area contributed by atoms with Gasteiger partial charge in [0.1, 0.15) is 28.8 Å². The number of rotatable bonds is 3. The molecule has 0 saturated heterocycles. The van der Waals surface area contributed by atoms with Crippen molar-refractivity contribution in [1.82, 2.24) is 0 Å². The maximum atomic E-state index is 13.5. The van der Waals surface area contributed by atoms with Crippen LogP contribution in [0.15, 0.2) is 30.3 Å². The van der Waals surface area contributed by atoms with Crippen molar-refractivity contribution < 1.29 is 22.7 Å². The smallest absolute Gasteiger partial charge is 0.261 e. The number of methoxy groups -OCH3 is 1. The van der Waals surface area contributed by atoms with Crippen LogP contribution in [0.5, 0.6) is 5.75 Å². The minimum absolute atomic E-state index is 0.156. The molecule has 0 aromatic heterocycles. The van der Waals surface area contributed by atoms with Crippen molar-refractivity contribution in [2.24, 2.45) is 0 Å². The van der Waals surface area contributed by atoms with Crippen LogP contribution in [0.2, 0.25) is 0 Å². The highest BCUT2D eigenvalue weighted by atomic mass is 19.1. The highest BCUT2D eigenvalue weighted by Crippen LogP contribution is 2.25. The SMILES string of the molecule is COc1ccc(NC(=O)c2c(F)cc(F)cc2F)c(N)c1. The van der Waals surface area contributed by atoms with Gasteiger partial charge in [0.2, 0.25) is 0 Å². The van der Waals surface area contributed by atoms with Crippen LogP contribution in [0.4, 0.5) is 24.5 Å². The number of halogens is 3. The summed E-state index contributed by atoms with van der Waals surface area (Å²) in [6, 6.07) is 5.23. The van der Waals surface area contributed by atoms with Gasteiger partial charge < -0.3 is 15.8 Å². The lowest BCUT2D eigenvalue weighted by molar-refractivity contribution is 0.101. The Morgan fingerprint density at radius 3 is 2.29 bits per heavy atom. The van der Waals surface area contributed by atoms with Crippen LogP contribution in [0.3, 0.4) is 0 Å². The molecule has 2 rings (SSSR count). The molecule has 21 heavy (non-hydrogen) atoms. The van der Waals surface area contributed by atoms with E-state index in [1.807, 2.05) is 0 Å². The van der Waals surface area contributed by atoms with Crippen LogP contribution < -0.4 is 15.8 Å². The Morgan fingerprint density at radius 2 is 1.76 bits per heavy atom. The van der Waals surface area contributed by atoms with Crippen molar-refractivity contribution >= 4 is 17.3 Å². The minimum Gasteiger partial charge on any atom is -0.497 e. The van der Waals surface area contributed by atoms with Crippen LogP contribution in [0.1, 0.15) is 10.4 Å². The van der Waals surface area contributed by atoms with Crippen molar-refractivity contribution in [3.63, 3.8) is 0 Å². The molecular weight excluding hydrogens is 285 g/mol. The fraction of sp³-hybridized carbons (Fsp3) is 0.0714. The minimum atomic E-state index is -1.29. The third-order valence-corrected chi connectivity index (χ3v) is 2.74. The van der Waals surface area contributed by atoms with E-state index in [2.05, 4.69) is 5.32 Å². The molecule has 3 N–H and O–H groups in total. The average Bonchev–Trinajstić information content (AvgIpc) is 2.39. The molecule has 110 valence electrons. The van der Waals surface area contributed by atoms with Crippen LogP contribution in [0, 0.1) is 17.5 Å². The molecule has 0 aliphatic heterocycles. The number of amides is 1. The number of carbonyl (C=O) groups is 1. The van der Waals surface area contributed by atoms with Gasteiger partial charge in [-0.15, -0.1) is 0 Å². The van der Waals surface area contributed by atoms with Crippen molar-refractivity contribution in [2.75, 3.05) is 18.2 Å². The summed E-state index contributed by atoms with van der Waals surface area (Å²) in [7, 11) is 1.44. The molecule has 0 spiro atoms. The fourth-order valence-corrected chi connectivity index (χ4v) is 1.73. The molecule has 4 nitrogen and oxygen atoms in total. The monoisotopic (exact) mass is 296 g/mol. The first kappa shape index (κ1) is 14.7. The second-order valence-corrected chi connectivity index (χ2v) is 4.15. The molecular formula is C14H11F3N2O2. The molecule has 0 fully saturated rings. The third-order valence-electron chi connectivity index (χ3n) is 2.74. The predicted molar refractivity (Wildman–Crippen MR) is 71.7 cm³/mol. The van der Waals surface area contributed by atoms with Gasteiger partial charge in [0.15, 0.2) is 0 Å². The Balaban J connectivity index is 2.30. The zero-order valence-corrected chi connectivity index (χ0v) is 10.9. The standard InChI is InChI=1S/C14H11F3N2O2/c1-21-8-2-3-12(11(18)6-8)19-14(20)13-9(16)4-7(15)5-10(13)17/h2-6H,18H2,1H3,(H,19,20). The summed E-state index contributed by atoms with van der Waals surface area (Å²) in [6.07, 6.45) is 0. The lowest BCUT2D eigenvalue weighted by atomic mass is 10.1.